The molecule has 2 aliphatic heterocycles. The van der Waals surface area contributed by atoms with Gasteiger partial charge in [-0.1, -0.05) is 43.0 Å². The molecule has 0 aliphatic carbocycles. The van der Waals surface area contributed by atoms with Crippen molar-refractivity contribution in [1.29, 1.82) is 0 Å². The minimum Gasteiger partial charge on any atom is -0.496 e. The van der Waals surface area contributed by atoms with Gasteiger partial charge in [0.05, 0.1) is 19.5 Å². The molecule has 3 aromatic rings. The molecule has 1 aromatic heterocycles. The van der Waals surface area contributed by atoms with Gasteiger partial charge in [-0.3, -0.25) is 9.69 Å². The fourth-order valence-corrected chi connectivity index (χ4v) is 5.87. The minimum absolute atomic E-state index is 0.0262. The average molecular weight is 533 g/mol. The van der Waals surface area contributed by atoms with Crippen molar-refractivity contribution in [1.82, 2.24) is 20.2 Å². The zero-order valence-corrected chi connectivity index (χ0v) is 23.1. The second-order valence-corrected chi connectivity index (χ2v) is 11.0. The molecule has 1 atom stereocenters. The third kappa shape index (κ3) is 6.66. The summed E-state index contributed by atoms with van der Waals surface area (Å²) in [5.74, 6) is 2.72. The first-order chi connectivity index (χ1) is 18.6. The van der Waals surface area contributed by atoms with Crippen molar-refractivity contribution < 1.29 is 14.3 Å². The number of piperidine rings is 1. The van der Waals surface area contributed by atoms with Gasteiger partial charge in [0.15, 0.2) is 5.16 Å². The van der Waals surface area contributed by atoms with Crippen LogP contribution in [0.4, 0.5) is 0 Å². The van der Waals surface area contributed by atoms with Crippen molar-refractivity contribution in [2.45, 2.75) is 44.3 Å². The lowest BCUT2D eigenvalue weighted by atomic mass is 9.97. The zero-order chi connectivity index (χ0) is 26.3. The first kappa shape index (κ1) is 26.5. The molecule has 0 bridgehead atoms. The lowest BCUT2D eigenvalue weighted by Gasteiger charge is -2.33. The Kier molecular flexibility index (Phi) is 8.81. The van der Waals surface area contributed by atoms with Gasteiger partial charge in [0.1, 0.15) is 11.5 Å². The zero-order valence-electron chi connectivity index (χ0n) is 22.2. The molecule has 2 aromatic carbocycles. The summed E-state index contributed by atoms with van der Waals surface area (Å²) >= 11 is 1.37. The van der Waals surface area contributed by atoms with Crippen molar-refractivity contribution in [3.63, 3.8) is 0 Å². The summed E-state index contributed by atoms with van der Waals surface area (Å²) in [7, 11) is 1.69. The van der Waals surface area contributed by atoms with E-state index in [1.54, 1.807) is 19.5 Å². The van der Waals surface area contributed by atoms with Gasteiger partial charge < -0.3 is 14.8 Å². The van der Waals surface area contributed by atoms with Crippen LogP contribution in [0.15, 0.2) is 53.9 Å². The number of benzene rings is 2. The topological polar surface area (TPSA) is 76.6 Å². The van der Waals surface area contributed by atoms with Gasteiger partial charge in [0.2, 0.25) is 5.91 Å². The fraction of sp³-hybridized carbons (Fsp3) is 0.433. The molecule has 200 valence electrons. The Balaban J connectivity index is 1.06. The molecule has 1 fully saturated rings. The molecule has 5 rings (SSSR count). The van der Waals surface area contributed by atoms with E-state index < -0.39 is 0 Å². The monoisotopic (exact) mass is 532 g/mol. The predicted octanol–water partition coefficient (Wildman–Crippen LogP) is 4.77. The van der Waals surface area contributed by atoms with Crippen LogP contribution in [-0.2, 0) is 24.2 Å². The summed E-state index contributed by atoms with van der Waals surface area (Å²) < 4.78 is 11.1. The summed E-state index contributed by atoms with van der Waals surface area (Å²) in [6.45, 7) is 6.69. The molecular weight excluding hydrogens is 496 g/mol. The molecule has 0 saturated carbocycles. The number of aromatic nitrogens is 2. The number of nitrogens with zero attached hydrogens (tertiary/aromatic N) is 3. The van der Waals surface area contributed by atoms with Crippen LogP contribution in [-0.4, -0.2) is 59.9 Å². The van der Waals surface area contributed by atoms with E-state index in [2.05, 4.69) is 57.4 Å². The van der Waals surface area contributed by atoms with Crippen LogP contribution in [0.1, 0.15) is 36.5 Å². The lowest BCUT2D eigenvalue weighted by Crippen LogP contribution is -2.41. The summed E-state index contributed by atoms with van der Waals surface area (Å²) in [6, 6.07) is 12.7. The van der Waals surface area contributed by atoms with Crippen LogP contribution in [0, 0.1) is 5.92 Å². The molecule has 0 spiro atoms. The number of carbonyl (C=O) groups is 1. The third-order valence-corrected chi connectivity index (χ3v) is 8.19. The van der Waals surface area contributed by atoms with E-state index >= 15 is 0 Å². The highest BCUT2D eigenvalue weighted by molar-refractivity contribution is 7.99. The number of nitrogens with one attached hydrogen (secondary N) is 1. The molecule has 0 radical (unpaired) electrons. The maximum Gasteiger partial charge on any atom is 0.230 e. The second kappa shape index (κ2) is 12.6. The maximum absolute atomic E-state index is 12.5. The van der Waals surface area contributed by atoms with Crippen LogP contribution in [0.3, 0.4) is 0 Å². The van der Waals surface area contributed by atoms with E-state index in [4.69, 9.17) is 9.47 Å². The molecule has 1 unspecified atom stereocenters. The quantitative estimate of drug-likeness (QED) is 0.298. The van der Waals surface area contributed by atoms with Gasteiger partial charge in [-0.2, -0.15) is 0 Å². The number of likely N-dealkylation sites (tertiary alicyclic amines) is 1. The molecule has 1 saturated heterocycles. The Bertz CT molecular complexity index is 1250. The number of rotatable bonds is 10. The van der Waals surface area contributed by atoms with Crippen LogP contribution < -0.4 is 14.8 Å². The number of amides is 1. The minimum atomic E-state index is 0.0262. The van der Waals surface area contributed by atoms with E-state index in [1.807, 2.05) is 6.07 Å². The largest absolute Gasteiger partial charge is 0.496 e. The highest BCUT2D eigenvalue weighted by Crippen LogP contribution is 2.28. The van der Waals surface area contributed by atoms with Gasteiger partial charge in [-0.05, 0) is 66.1 Å². The van der Waals surface area contributed by atoms with Crippen LogP contribution in [0.25, 0.3) is 11.1 Å². The van der Waals surface area contributed by atoms with Gasteiger partial charge in [0, 0.05) is 44.0 Å². The van der Waals surface area contributed by atoms with E-state index in [9.17, 15) is 4.79 Å². The Hall–Kier alpha value is -3.10. The molecule has 8 heteroatoms. The van der Waals surface area contributed by atoms with Crippen molar-refractivity contribution in [3.8, 4) is 22.6 Å². The van der Waals surface area contributed by atoms with E-state index in [-0.39, 0.29) is 5.91 Å². The summed E-state index contributed by atoms with van der Waals surface area (Å²) in [4.78, 5) is 24.0. The lowest BCUT2D eigenvalue weighted by molar-refractivity contribution is -0.118. The number of hydrogen-bond donors (Lipinski definition) is 1. The Morgan fingerprint density at radius 2 is 2.05 bits per heavy atom. The highest BCUT2D eigenvalue weighted by Gasteiger charge is 2.21. The highest BCUT2D eigenvalue weighted by atomic mass is 32.2. The second-order valence-electron chi connectivity index (χ2n) is 10.0. The third-order valence-electron chi connectivity index (χ3n) is 7.31. The van der Waals surface area contributed by atoms with Crippen LogP contribution >= 0.6 is 11.8 Å². The average Bonchev–Trinajstić information content (AvgIpc) is 3.43. The predicted molar refractivity (Wildman–Crippen MR) is 151 cm³/mol. The number of carbonyl (C=O) groups excluding carboxylic acids is 1. The van der Waals surface area contributed by atoms with Gasteiger partial charge >= 0.3 is 0 Å². The number of thioether (sulfide) groups is 1. The first-order valence-electron chi connectivity index (χ1n) is 13.5. The summed E-state index contributed by atoms with van der Waals surface area (Å²) in [5.41, 5.74) is 5.78. The van der Waals surface area contributed by atoms with Gasteiger partial charge in [-0.15, -0.1) is 0 Å². The first-order valence-corrected chi connectivity index (χ1v) is 14.5. The molecular formula is C30H36N4O3S. The fourth-order valence-electron chi connectivity index (χ4n) is 5.25. The summed E-state index contributed by atoms with van der Waals surface area (Å²) in [5, 5.41) is 3.73. The number of fused-ring (bicyclic) bond motifs is 1. The van der Waals surface area contributed by atoms with E-state index in [1.165, 1.54) is 28.5 Å². The van der Waals surface area contributed by atoms with Crippen LogP contribution in [0.5, 0.6) is 11.5 Å². The smallest absolute Gasteiger partial charge is 0.230 e. The van der Waals surface area contributed by atoms with Crippen molar-refractivity contribution >= 4 is 17.7 Å². The Morgan fingerprint density at radius 3 is 2.87 bits per heavy atom. The number of ether oxygens (including phenoxy) is 2. The van der Waals surface area contributed by atoms with Gasteiger partial charge in [-0.25, -0.2) is 9.97 Å². The molecule has 2 aliphatic rings. The standard InChI is InChI=1S/C30H36N4O3S/c1-3-23-7-8-24(14-28(23)36-2)26-16-32-30(33-17-26)38-20-29(35)31-15-22-5-4-11-34(19-22)18-21-6-9-27-25(13-21)10-12-37-27/h6-9,13-14,16-17,22H,3-5,10-12,15,18-20H2,1-2H3,(H,31,35). The van der Waals surface area contributed by atoms with E-state index in [0.717, 1.165) is 74.6 Å². The Labute approximate surface area is 229 Å². The SMILES string of the molecule is CCc1ccc(-c2cnc(SCC(=O)NCC3CCCN(Cc4ccc5c(c4)CCO5)C3)nc2)cc1OC. The van der Waals surface area contributed by atoms with Crippen LogP contribution in [0.2, 0.25) is 0 Å². The summed E-state index contributed by atoms with van der Waals surface area (Å²) in [6.07, 6.45) is 7.85. The molecule has 1 N–H and O–H groups in total. The van der Waals surface area contributed by atoms with Gasteiger partial charge in [0.25, 0.3) is 0 Å². The van der Waals surface area contributed by atoms with Crippen molar-refractivity contribution in [2.75, 3.05) is 39.1 Å². The molecule has 1 amide bonds. The van der Waals surface area contributed by atoms with E-state index in [0.29, 0.717) is 23.4 Å². The molecule has 7 nitrogen and oxygen atoms in total. The van der Waals surface area contributed by atoms with Crippen molar-refractivity contribution in [3.05, 3.63) is 65.5 Å². The number of hydrogen-bond acceptors (Lipinski definition) is 7. The Morgan fingerprint density at radius 1 is 1.18 bits per heavy atom. The normalized spacial score (nSPS) is 17.1. The molecule has 38 heavy (non-hydrogen) atoms. The number of aryl methyl sites for hydroxylation is 1. The molecule has 3 heterocycles. The van der Waals surface area contributed by atoms with Crippen molar-refractivity contribution in [2.24, 2.45) is 5.92 Å². The number of methoxy groups -OCH3 is 1. The maximum atomic E-state index is 12.5.